The summed E-state index contributed by atoms with van der Waals surface area (Å²) in [5, 5.41) is 11.2. The molecule has 2 aromatic carbocycles. The van der Waals surface area contributed by atoms with Crippen LogP contribution in [0.15, 0.2) is 60.8 Å². The molecule has 1 saturated heterocycles. The summed E-state index contributed by atoms with van der Waals surface area (Å²) in [6, 6.07) is 18.3. The second-order valence-electron chi connectivity index (χ2n) is 7.17. The lowest BCUT2D eigenvalue weighted by Crippen LogP contribution is -2.43. The molecule has 0 bridgehead atoms. The molecular formula is C22H25N5O2. The summed E-state index contributed by atoms with van der Waals surface area (Å²) < 4.78 is 7.10. The van der Waals surface area contributed by atoms with Crippen molar-refractivity contribution >= 4 is 5.91 Å². The van der Waals surface area contributed by atoms with E-state index < -0.39 is 0 Å². The average molecular weight is 391 g/mol. The Morgan fingerprint density at radius 1 is 1.10 bits per heavy atom. The Morgan fingerprint density at radius 3 is 2.55 bits per heavy atom. The van der Waals surface area contributed by atoms with Gasteiger partial charge in [0, 0.05) is 19.6 Å². The summed E-state index contributed by atoms with van der Waals surface area (Å²) in [4.78, 5) is 15.0. The number of rotatable bonds is 6. The first kappa shape index (κ1) is 19.3. The Kier molecular flexibility index (Phi) is 5.97. The van der Waals surface area contributed by atoms with Crippen molar-refractivity contribution in [2.45, 2.75) is 13.0 Å². The molecule has 0 aliphatic carbocycles. The van der Waals surface area contributed by atoms with E-state index in [1.807, 2.05) is 49.4 Å². The molecule has 1 aromatic heterocycles. The van der Waals surface area contributed by atoms with E-state index in [4.69, 9.17) is 4.74 Å². The number of hydrogen-bond acceptors (Lipinski definition) is 5. The van der Waals surface area contributed by atoms with Gasteiger partial charge in [-0.15, -0.1) is 5.10 Å². The van der Waals surface area contributed by atoms with Crippen LogP contribution in [0.2, 0.25) is 0 Å². The Labute approximate surface area is 170 Å². The van der Waals surface area contributed by atoms with Gasteiger partial charge in [-0.25, -0.2) is 4.68 Å². The number of ether oxygens (including phenoxy) is 1. The van der Waals surface area contributed by atoms with E-state index in [0.29, 0.717) is 25.5 Å². The zero-order valence-corrected chi connectivity index (χ0v) is 16.5. The molecule has 150 valence electrons. The number of nitrogens with zero attached hydrogens (tertiary/aromatic N) is 4. The number of carbonyl (C=O) groups is 1. The summed E-state index contributed by atoms with van der Waals surface area (Å²) in [5.41, 5.74) is 3.52. The molecule has 1 unspecified atom stereocenters. The minimum Gasteiger partial charge on any atom is -0.379 e. The van der Waals surface area contributed by atoms with E-state index in [9.17, 15) is 4.79 Å². The van der Waals surface area contributed by atoms with Crippen molar-refractivity contribution in [2.75, 3.05) is 32.8 Å². The fraction of sp³-hybridized carbons (Fsp3) is 0.318. The molecule has 1 aliphatic rings. The lowest BCUT2D eigenvalue weighted by molar-refractivity contribution is 0.0162. The molecule has 1 fully saturated rings. The van der Waals surface area contributed by atoms with Gasteiger partial charge in [0.15, 0.2) is 5.69 Å². The first-order valence-electron chi connectivity index (χ1n) is 9.85. The molecule has 1 atom stereocenters. The summed E-state index contributed by atoms with van der Waals surface area (Å²) in [7, 11) is 0. The number of amides is 1. The van der Waals surface area contributed by atoms with Gasteiger partial charge in [-0.3, -0.25) is 9.69 Å². The van der Waals surface area contributed by atoms with Gasteiger partial charge in [0.2, 0.25) is 0 Å². The third-order valence-electron chi connectivity index (χ3n) is 5.15. The van der Waals surface area contributed by atoms with Crippen molar-refractivity contribution in [3.05, 3.63) is 77.6 Å². The molecule has 1 amide bonds. The fourth-order valence-electron chi connectivity index (χ4n) is 3.49. The third kappa shape index (κ3) is 4.70. The first-order chi connectivity index (χ1) is 14.2. The van der Waals surface area contributed by atoms with Crippen molar-refractivity contribution in [3.63, 3.8) is 0 Å². The molecule has 2 heterocycles. The number of hydrogen-bond donors (Lipinski definition) is 1. The third-order valence-corrected chi connectivity index (χ3v) is 5.15. The molecule has 3 aromatic rings. The van der Waals surface area contributed by atoms with Gasteiger partial charge < -0.3 is 10.1 Å². The standard InChI is InChI=1S/C22H25N5O2/c1-17-7-9-19(10-8-17)27-16-20(24-25-27)22(28)23-15-21(18-5-3-2-4-6-18)26-11-13-29-14-12-26/h2-10,16,21H,11-15H2,1H3,(H,23,28). The SMILES string of the molecule is Cc1ccc(-n2cc(C(=O)NCC(c3ccccc3)N3CCOCC3)nn2)cc1. The van der Waals surface area contributed by atoms with Crippen LogP contribution in [0.1, 0.15) is 27.7 Å². The van der Waals surface area contributed by atoms with Crippen molar-refractivity contribution in [1.82, 2.24) is 25.2 Å². The van der Waals surface area contributed by atoms with Crippen LogP contribution < -0.4 is 5.32 Å². The molecule has 1 N–H and O–H groups in total. The quantitative estimate of drug-likeness (QED) is 0.699. The van der Waals surface area contributed by atoms with Crippen molar-refractivity contribution < 1.29 is 9.53 Å². The van der Waals surface area contributed by atoms with Crippen LogP contribution in [0, 0.1) is 6.92 Å². The van der Waals surface area contributed by atoms with Gasteiger partial charge in [-0.05, 0) is 24.6 Å². The Morgan fingerprint density at radius 2 is 1.83 bits per heavy atom. The smallest absolute Gasteiger partial charge is 0.273 e. The van der Waals surface area contributed by atoms with Crippen LogP contribution in [0.25, 0.3) is 5.69 Å². The van der Waals surface area contributed by atoms with Crippen LogP contribution in [0.5, 0.6) is 0 Å². The second-order valence-corrected chi connectivity index (χ2v) is 7.17. The molecule has 0 radical (unpaired) electrons. The van der Waals surface area contributed by atoms with E-state index in [1.54, 1.807) is 10.9 Å². The normalized spacial score (nSPS) is 15.8. The minimum absolute atomic E-state index is 0.0937. The number of benzene rings is 2. The van der Waals surface area contributed by atoms with Gasteiger partial charge in [0.25, 0.3) is 5.91 Å². The molecule has 0 saturated carbocycles. The number of carbonyl (C=O) groups excluding carboxylic acids is 1. The van der Waals surface area contributed by atoms with Gasteiger partial charge in [0.05, 0.1) is 31.1 Å². The van der Waals surface area contributed by atoms with E-state index in [-0.39, 0.29) is 11.9 Å². The number of aromatic nitrogens is 3. The molecule has 7 nitrogen and oxygen atoms in total. The van der Waals surface area contributed by atoms with E-state index in [0.717, 1.165) is 18.8 Å². The van der Waals surface area contributed by atoms with E-state index >= 15 is 0 Å². The van der Waals surface area contributed by atoms with Gasteiger partial charge in [0.1, 0.15) is 0 Å². The van der Waals surface area contributed by atoms with Gasteiger partial charge >= 0.3 is 0 Å². The predicted octanol–water partition coefficient (Wildman–Crippen LogP) is 2.38. The predicted molar refractivity (Wildman–Crippen MR) is 110 cm³/mol. The molecule has 29 heavy (non-hydrogen) atoms. The number of nitrogens with one attached hydrogen (secondary N) is 1. The highest BCUT2D eigenvalue weighted by Gasteiger charge is 2.23. The van der Waals surface area contributed by atoms with Crippen molar-refractivity contribution in [2.24, 2.45) is 0 Å². The molecule has 0 spiro atoms. The van der Waals surface area contributed by atoms with Gasteiger partial charge in [-0.2, -0.15) is 0 Å². The van der Waals surface area contributed by atoms with Crippen LogP contribution in [-0.4, -0.2) is 58.6 Å². The van der Waals surface area contributed by atoms with E-state index in [2.05, 4.69) is 32.7 Å². The minimum atomic E-state index is -0.224. The molecule has 7 heteroatoms. The average Bonchev–Trinajstić information content (AvgIpc) is 3.26. The summed E-state index contributed by atoms with van der Waals surface area (Å²) in [5.74, 6) is -0.224. The van der Waals surface area contributed by atoms with Crippen LogP contribution >= 0.6 is 0 Å². The Balaban J connectivity index is 1.44. The fourth-order valence-corrected chi connectivity index (χ4v) is 3.49. The number of aryl methyl sites for hydroxylation is 1. The maximum Gasteiger partial charge on any atom is 0.273 e. The Bertz CT molecular complexity index is 933. The maximum atomic E-state index is 12.7. The summed E-state index contributed by atoms with van der Waals surface area (Å²) in [6.07, 6.45) is 1.66. The second kappa shape index (κ2) is 8.98. The lowest BCUT2D eigenvalue weighted by Gasteiger charge is -2.34. The maximum absolute atomic E-state index is 12.7. The van der Waals surface area contributed by atoms with Crippen LogP contribution in [0.3, 0.4) is 0 Å². The monoisotopic (exact) mass is 391 g/mol. The zero-order chi connectivity index (χ0) is 20.1. The highest BCUT2D eigenvalue weighted by atomic mass is 16.5. The molecule has 1 aliphatic heterocycles. The largest absolute Gasteiger partial charge is 0.379 e. The van der Waals surface area contributed by atoms with Crippen LogP contribution in [0.4, 0.5) is 0 Å². The van der Waals surface area contributed by atoms with Crippen molar-refractivity contribution in [1.29, 1.82) is 0 Å². The Hall–Kier alpha value is -3.03. The zero-order valence-electron chi connectivity index (χ0n) is 16.5. The summed E-state index contributed by atoms with van der Waals surface area (Å²) >= 11 is 0. The number of morpholine rings is 1. The highest BCUT2D eigenvalue weighted by Crippen LogP contribution is 2.21. The first-order valence-corrected chi connectivity index (χ1v) is 9.85. The lowest BCUT2D eigenvalue weighted by atomic mass is 10.0. The van der Waals surface area contributed by atoms with Crippen molar-refractivity contribution in [3.8, 4) is 5.69 Å². The van der Waals surface area contributed by atoms with E-state index in [1.165, 1.54) is 11.1 Å². The molecule has 4 rings (SSSR count). The van der Waals surface area contributed by atoms with Gasteiger partial charge in [-0.1, -0.05) is 53.2 Å². The summed E-state index contributed by atoms with van der Waals surface area (Å²) in [6.45, 7) is 5.64. The van der Waals surface area contributed by atoms with Crippen LogP contribution in [-0.2, 0) is 4.74 Å². The highest BCUT2D eigenvalue weighted by molar-refractivity contribution is 5.91. The molecular weight excluding hydrogens is 366 g/mol. The topological polar surface area (TPSA) is 72.3 Å².